The van der Waals surface area contributed by atoms with E-state index in [9.17, 15) is 9.59 Å². The van der Waals surface area contributed by atoms with Crippen LogP contribution in [0.3, 0.4) is 0 Å². The van der Waals surface area contributed by atoms with Gasteiger partial charge in [0.1, 0.15) is 0 Å². The zero-order valence-corrected chi connectivity index (χ0v) is 11.7. The van der Waals surface area contributed by atoms with Gasteiger partial charge >= 0.3 is 11.8 Å². The van der Waals surface area contributed by atoms with Crippen molar-refractivity contribution in [2.45, 2.75) is 20.1 Å². The molecule has 0 aliphatic rings. The number of nitrogens with one attached hydrogen (secondary N) is 2. The number of hydrogen-bond acceptors (Lipinski definition) is 4. The second-order valence-corrected chi connectivity index (χ2v) is 3.87. The largest absolute Gasteiger partial charge is 0.351 e. The van der Waals surface area contributed by atoms with Gasteiger partial charge in [0.25, 0.3) is 0 Å². The molecule has 0 atom stereocenters. The third-order valence-corrected chi connectivity index (χ3v) is 2.37. The van der Waals surface area contributed by atoms with E-state index >= 15 is 0 Å². The number of para-hydroxylation sites is 1. The van der Waals surface area contributed by atoms with Gasteiger partial charge in [0.2, 0.25) is 0 Å². The van der Waals surface area contributed by atoms with Gasteiger partial charge in [-0.25, -0.2) is 0 Å². The van der Waals surface area contributed by atoms with E-state index in [0.29, 0.717) is 18.9 Å². The van der Waals surface area contributed by atoms with E-state index in [-0.39, 0.29) is 6.54 Å². The molecule has 0 aliphatic carbocycles. The van der Waals surface area contributed by atoms with E-state index in [2.05, 4.69) is 10.6 Å². The lowest BCUT2D eigenvalue weighted by Gasteiger charge is -2.17. The van der Waals surface area contributed by atoms with Gasteiger partial charge in [0, 0.05) is 18.9 Å². The molecule has 2 N–H and O–H groups in total. The summed E-state index contributed by atoms with van der Waals surface area (Å²) in [5.74, 6) is -1.44. The number of ether oxygens (including phenoxy) is 2. The number of amides is 2. The molecule has 0 unspecified atom stereocenters. The highest BCUT2D eigenvalue weighted by Gasteiger charge is 2.16. The Bertz CT molecular complexity index is 416. The molecule has 0 aromatic heterocycles. The zero-order chi connectivity index (χ0) is 14.8. The Morgan fingerprint density at radius 3 is 2.20 bits per heavy atom. The summed E-state index contributed by atoms with van der Waals surface area (Å²) in [7, 11) is 0. The zero-order valence-electron chi connectivity index (χ0n) is 11.7. The lowest BCUT2D eigenvalue weighted by atomic mass is 10.3. The molecular formula is C14H20N2O4. The average Bonchev–Trinajstić information content (AvgIpc) is 2.46. The van der Waals surface area contributed by atoms with Crippen molar-refractivity contribution in [3.8, 4) is 0 Å². The van der Waals surface area contributed by atoms with Crippen LogP contribution in [0, 0.1) is 0 Å². The Morgan fingerprint density at radius 1 is 1.05 bits per heavy atom. The fourth-order valence-electron chi connectivity index (χ4n) is 1.50. The van der Waals surface area contributed by atoms with Crippen LogP contribution in [0.1, 0.15) is 13.8 Å². The maximum atomic E-state index is 11.6. The van der Waals surface area contributed by atoms with Gasteiger partial charge in [0.15, 0.2) is 6.29 Å². The fourth-order valence-corrected chi connectivity index (χ4v) is 1.50. The predicted molar refractivity (Wildman–Crippen MR) is 75.1 cm³/mol. The summed E-state index contributed by atoms with van der Waals surface area (Å²) in [6.45, 7) is 4.72. The van der Waals surface area contributed by atoms with Gasteiger partial charge in [0.05, 0.1) is 6.54 Å². The molecule has 0 aliphatic heterocycles. The minimum atomic E-state index is -0.724. The lowest BCUT2D eigenvalue weighted by Crippen LogP contribution is -2.41. The minimum Gasteiger partial charge on any atom is -0.351 e. The third-order valence-electron chi connectivity index (χ3n) is 2.37. The van der Waals surface area contributed by atoms with E-state index in [1.165, 1.54) is 0 Å². The molecule has 20 heavy (non-hydrogen) atoms. The van der Waals surface area contributed by atoms with Crippen molar-refractivity contribution >= 4 is 17.5 Å². The quantitative estimate of drug-likeness (QED) is 0.580. The second-order valence-electron chi connectivity index (χ2n) is 3.87. The van der Waals surface area contributed by atoms with Crippen LogP contribution in [-0.4, -0.2) is 37.9 Å². The first-order chi connectivity index (χ1) is 9.67. The smallest absolute Gasteiger partial charge is 0.313 e. The molecule has 0 saturated heterocycles. The van der Waals surface area contributed by atoms with Crippen LogP contribution in [-0.2, 0) is 19.1 Å². The van der Waals surface area contributed by atoms with Gasteiger partial charge in [-0.2, -0.15) is 0 Å². The summed E-state index contributed by atoms with van der Waals surface area (Å²) in [6.07, 6.45) is -0.543. The summed E-state index contributed by atoms with van der Waals surface area (Å²) in [5.41, 5.74) is 0.568. The Morgan fingerprint density at radius 2 is 1.65 bits per heavy atom. The van der Waals surface area contributed by atoms with E-state index in [0.717, 1.165) is 0 Å². The molecule has 0 radical (unpaired) electrons. The summed E-state index contributed by atoms with van der Waals surface area (Å²) >= 11 is 0. The first-order valence-electron chi connectivity index (χ1n) is 6.54. The van der Waals surface area contributed by atoms with Crippen LogP contribution in [0.25, 0.3) is 0 Å². The first kappa shape index (κ1) is 16.1. The fraction of sp³-hybridized carbons (Fsp3) is 0.429. The highest BCUT2D eigenvalue weighted by Crippen LogP contribution is 2.04. The van der Waals surface area contributed by atoms with E-state index in [4.69, 9.17) is 9.47 Å². The molecule has 1 aromatic carbocycles. The van der Waals surface area contributed by atoms with Crippen LogP contribution in [0.2, 0.25) is 0 Å². The minimum absolute atomic E-state index is 0.128. The van der Waals surface area contributed by atoms with Crippen molar-refractivity contribution in [2.75, 3.05) is 25.1 Å². The van der Waals surface area contributed by atoms with E-state index < -0.39 is 18.1 Å². The van der Waals surface area contributed by atoms with Crippen molar-refractivity contribution in [3.63, 3.8) is 0 Å². The number of carbonyl (C=O) groups is 2. The molecule has 6 nitrogen and oxygen atoms in total. The Kier molecular flexibility index (Phi) is 7.31. The maximum absolute atomic E-state index is 11.6. The van der Waals surface area contributed by atoms with Crippen molar-refractivity contribution < 1.29 is 19.1 Å². The molecule has 0 heterocycles. The van der Waals surface area contributed by atoms with Gasteiger partial charge in [-0.05, 0) is 26.0 Å². The monoisotopic (exact) mass is 280 g/mol. The van der Waals surface area contributed by atoms with Crippen LogP contribution >= 0.6 is 0 Å². The molecule has 110 valence electrons. The highest BCUT2D eigenvalue weighted by atomic mass is 16.7. The van der Waals surface area contributed by atoms with E-state index in [1.54, 1.807) is 24.3 Å². The molecule has 6 heteroatoms. The van der Waals surface area contributed by atoms with Crippen molar-refractivity contribution in [2.24, 2.45) is 0 Å². The van der Waals surface area contributed by atoms with Gasteiger partial charge in [-0.1, -0.05) is 18.2 Å². The van der Waals surface area contributed by atoms with Crippen LogP contribution < -0.4 is 10.6 Å². The molecule has 1 aromatic rings. The SMILES string of the molecule is CCOC(CNC(=O)C(=O)Nc1ccccc1)OCC. The predicted octanol–water partition coefficient (Wildman–Crippen LogP) is 1.14. The Labute approximate surface area is 118 Å². The molecule has 2 amide bonds. The van der Waals surface area contributed by atoms with Gasteiger partial charge < -0.3 is 20.1 Å². The standard InChI is InChI=1S/C14H20N2O4/c1-3-19-12(20-4-2)10-15-13(17)14(18)16-11-8-6-5-7-9-11/h5-9,12H,3-4,10H2,1-2H3,(H,15,17)(H,16,18). The number of benzene rings is 1. The topological polar surface area (TPSA) is 76.7 Å². The normalized spacial score (nSPS) is 10.3. The number of anilines is 1. The number of carbonyl (C=O) groups excluding carboxylic acids is 2. The van der Waals surface area contributed by atoms with Crippen molar-refractivity contribution in [3.05, 3.63) is 30.3 Å². The summed E-state index contributed by atoms with van der Waals surface area (Å²) in [5, 5.41) is 4.97. The first-order valence-corrected chi connectivity index (χ1v) is 6.54. The third kappa shape index (κ3) is 5.81. The molecule has 0 spiro atoms. The Hall–Kier alpha value is -1.92. The molecule has 0 saturated carbocycles. The van der Waals surface area contributed by atoms with Crippen molar-refractivity contribution in [1.29, 1.82) is 0 Å². The van der Waals surface area contributed by atoms with Gasteiger partial charge in [-0.15, -0.1) is 0 Å². The van der Waals surface area contributed by atoms with E-state index in [1.807, 2.05) is 19.9 Å². The molecule has 0 fully saturated rings. The average molecular weight is 280 g/mol. The van der Waals surface area contributed by atoms with Gasteiger partial charge in [-0.3, -0.25) is 9.59 Å². The summed E-state index contributed by atoms with van der Waals surface area (Å²) < 4.78 is 10.5. The van der Waals surface area contributed by atoms with Crippen LogP contribution in [0.5, 0.6) is 0 Å². The number of rotatable bonds is 7. The summed E-state index contributed by atoms with van der Waals surface area (Å²) in [6, 6.07) is 8.77. The summed E-state index contributed by atoms with van der Waals surface area (Å²) in [4.78, 5) is 23.3. The Balaban J connectivity index is 2.39. The molecular weight excluding hydrogens is 260 g/mol. The lowest BCUT2D eigenvalue weighted by molar-refractivity contribution is -0.145. The second kappa shape index (κ2) is 9.06. The molecule has 1 rings (SSSR count). The number of hydrogen-bond donors (Lipinski definition) is 2. The highest BCUT2D eigenvalue weighted by molar-refractivity contribution is 6.39. The van der Waals surface area contributed by atoms with Crippen molar-refractivity contribution in [1.82, 2.24) is 5.32 Å². The molecule has 0 bridgehead atoms. The van der Waals surface area contributed by atoms with Crippen LogP contribution in [0.4, 0.5) is 5.69 Å². The van der Waals surface area contributed by atoms with Crippen LogP contribution in [0.15, 0.2) is 30.3 Å². The maximum Gasteiger partial charge on any atom is 0.313 e.